The standard InChI is InChI=1S/C15H20N8O/c1-9-7-12(21-15(17)19-9)22-3-5-23(6-4-22)13(24)11-8-18-14(16)20-10(11)2/h7-8H,3-6H2,1-2H3,(H2,16,18,20)(H2,17,19,21). The van der Waals surface area contributed by atoms with Gasteiger partial charge < -0.3 is 21.3 Å². The average molecular weight is 328 g/mol. The van der Waals surface area contributed by atoms with Crippen molar-refractivity contribution in [2.45, 2.75) is 13.8 Å². The molecule has 3 rings (SSSR count). The third-order valence-corrected chi connectivity index (χ3v) is 3.98. The molecule has 126 valence electrons. The van der Waals surface area contributed by atoms with Gasteiger partial charge in [0.25, 0.3) is 5.91 Å². The normalized spacial score (nSPS) is 14.8. The highest BCUT2D eigenvalue weighted by Crippen LogP contribution is 2.17. The molecule has 24 heavy (non-hydrogen) atoms. The number of piperazine rings is 1. The van der Waals surface area contributed by atoms with E-state index in [1.807, 2.05) is 13.0 Å². The summed E-state index contributed by atoms with van der Waals surface area (Å²) in [5.74, 6) is 1.15. The van der Waals surface area contributed by atoms with Crippen molar-refractivity contribution in [2.24, 2.45) is 0 Å². The Balaban J connectivity index is 1.69. The van der Waals surface area contributed by atoms with Crippen LogP contribution in [0.2, 0.25) is 0 Å². The maximum atomic E-state index is 12.6. The van der Waals surface area contributed by atoms with Gasteiger partial charge in [-0.05, 0) is 13.8 Å². The molecule has 0 spiro atoms. The van der Waals surface area contributed by atoms with Crippen LogP contribution in [-0.2, 0) is 0 Å². The van der Waals surface area contributed by atoms with Crippen molar-refractivity contribution in [1.29, 1.82) is 0 Å². The van der Waals surface area contributed by atoms with Gasteiger partial charge in [0.2, 0.25) is 11.9 Å². The number of nitrogens with zero attached hydrogens (tertiary/aromatic N) is 6. The number of carbonyl (C=O) groups is 1. The van der Waals surface area contributed by atoms with Crippen LogP contribution in [0.4, 0.5) is 17.7 Å². The van der Waals surface area contributed by atoms with E-state index in [2.05, 4.69) is 24.8 Å². The molecule has 0 bridgehead atoms. The number of hydrogen-bond acceptors (Lipinski definition) is 8. The second kappa shape index (κ2) is 6.26. The highest BCUT2D eigenvalue weighted by molar-refractivity contribution is 5.95. The monoisotopic (exact) mass is 328 g/mol. The lowest BCUT2D eigenvalue weighted by Gasteiger charge is -2.35. The van der Waals surface area contributed by atoms with E-state index in [9.17, 15) is 4.79 Å². The summed E-state index contributed by atoms with van der Waals surface area (Å²) >= 11 is 0. The van der Waals surface area contributed by atoms with E-state index in [-0.39, 0.29) is 17.8 Å². The van der Waals surface area contributed by atoms with Gasteiger partial charge in [-0.2, -0.15) is 4.98 Å². The Morgan fingerprint density at radius 1 is 1.04 bits per heavy atom. The molecular formula is C15H20N8O. The van der Waals surface area contributed by atoms with Crippen molar-refractivity contribution < 1.29 is 4.79 Å². The number of nitrogen functional groups attached to an aromatic ring is 2. The minimum atomic E-state index is -0.0782. The number of carbonyl (C=O) groups excluding carboxylic acids is 1. The second-order valence-electron chi connectivity index (χ2n) is 5.73. The predicted octanol–water partition coefficient (Wildman–Crippen LogP) is 0.0102. The smallest absolute Gasteiger partial charge is 0.257 e. The first kappa shape index (κ1) is 15.9. The number of nitrogens with two attached hydrogens (primary N) is 2. The van der Waals surface area contributed by atoms with Crippen LogP contribution < -0.4 is 16.4 Å². The van der Waals surface area contributed by atoms with Gasteiger partial charge in [-0.1, -0.05) is 0 Å². The van der Waals surface area contributed by atoms with Gasteiger partial charge in [-0.15, -0.1) is 0 Å². The van der Waals surface area contributed by atoms with Crippen LogP contribution in [-0.4, -0.2) is 56.9 Å². The van der Waals surface area contributed by atoms with Crippen molar-refractivity contribution in [3.8, 4) is 0 Å². The molecule has 0 aromatic carbocycles. The van der Waals surface area contributed by atoms with E-state index in [1.54, 1.807) is 11.8 Å². The molecule has 1 aliphatic rings. The first-order chi connectivity index (χ1) is 11.4. The summed E-state index contributed by atoms with van der Waals surface area (Å²) in [5, 5.41) is 0. The summed E-state index contributed by atoms with van der Waals surface area (Å²) in [7, 11) is 0. The summed E-state index contributed by atoms with van der Waals surface area (Å²) in [6.07, 6.45) is 1.49. The molecular weight excluding hydrogens is 308 g/mol. The zero-order chi connectivity index (χ0) is 17.3. The van der Waals surface area contributed by atoms with Crippen molar-refractivity contribution in [3.05, 3.63) is 29.2 Å². The summed E-state index contributed by atoms with van der Waals surface area (Å²) in [6.45, 7) is 6.17. The molecule has 0 unspecified atom stereocenters. The fourth-order valence-electron chi connectivity index (χ4n) is 2.74. The van der Waals surface area contributed by atoms with Gasteiger partial charge >= 0.3 is 0 Å². The minimum absolute atomic E-state index is 0.0782. The van der Waals surface area contributed by atoms with Gasteiger partial charge in [-0.25, -0.2) is 15.0 Å². The summed E-state index contributed by atoms with van der Waals surface area (Å²) in [6, 6.07) is 1.89. The summed E-state index contributed by atoms with van der Waals surface area (Å²) in [5.41, 5.74) is 13.1. The molecule has 1 aliphatic heterocycles. The lowest BCUT2D eigenvalue weighted by atomic mass is 10.2. The number of rotatable bonds is 2. The summed E-state index contributed by atoms with van der Waals surface area (Å²) < 4.78 is 0. The van der Waals surface area contributed by atoms with Gasteiger partial charge in [-0.3, -0.25) is 4.79 Å². The van der Waals surface area contributed by atoms with Crippen molar-refractivity contribution in [1.82, 2.24) is 24.8 Å². The molecule has 0 atom stereocenters. The molecule has 0 radical (unpaired) electrons. The second-order valence-corrected chi connectivity index (χ2v) is 5.73. The van der Waals surface area contributed by atoms with E-state index in [0.717, 1.165) is 11.5 Å². The molecule has 9 nitrogen and oxygen atoms in total. The number of aromatic nitrogens is 4. The quantitative estimate of drug-likeness (QED) is 0.789. The minimum Gasteiger partial charge on any atom is -0.368 e. The lowest BCUT2D eigenvalue weighted by molar-refractivity contribution is 0.0745. The van der Waals surface area contributed by atoms with Crippen LogP contribution in [0.25, 0.3) is 0 Å². The van der Waals surface area contributed by atoms with Crippen molar-refractivity contribution in [3.63, 3.8) is 0 Å². The molecule has 4 N–H and O–H groups in total. The van der Waals surface area contributed by atoms with E-state index < -0.39 is 0 Å². The Bertz CT molecular complexity index is 750. The molecule has 1 amide bonds. The van der Waals surface area contributed by atoms with Gasteiger partial charge in [0.05, 0.1) is 11.3 Å². The maximum absolute atomic E-state index is 12.6. The average Bonchev–Trinajstić information content (AvgIpc) is 2.53. The zero-order valence-electron chi connectivity index (χ0n) is 13.7. The molecule has 1 fully saturated rings. The highest BCUT2D eigenvalue weighted by atomic mass is 16.2. The SMILES string of the molecule is Cc1cc(N2CCN(C(=O)c3cnc(N)nc3C)CC2)nc(N)n1. The van der Waals surface area contributed by atoms with Crippen LogP contribution in [0.5, 0.6) is 0 Å². The summed E-state index contributed by atoms with van der Waals surface area (Å²) in [4.78, 5) is 32.8. The Hall–Kier alpha value is -2.97. The predicted molar refractivity (Wildman–Crippen MR) is 90.5 cm³/mol. The topological polar surface area (TPSA) is 127 Å². The number of anilines is 3. The fourth-order valence-corrected chi connectivity index (χ4v) is 2.74. The van der Waals surface area contributed by atoms with Gasteiger partial charge in [0.1, 0.15) is 5.82 Å². The van der Waals surface area contributed by atoms with Crippen LogP contribution in [0, 0.1) is 13.8 Å². The van der Waals surface area contributed by atoms with E-state index >= 15 is 0 Å². The largest absolute Gasteiger partial charge is 0.368 e. The van der Waals surface area contributed by atoms with Crippen molar-refractivity contribution >= 4 is 23.6 Å². The Kier molecular flexibility index (Phi) is 4.15. The lowest BCUT2D eigenvalue weighted by Crippen LogP contribution is -2.49. The zero-order valence-corrected chi connectivity index (χ0v) is 13.7. The van der Waals surface area contributed by atoms with Gasteiger partial charge in [0.15, 0.2) is 0 Å². The maximum Gasteiger partial charge on any atom is 0.257 e. The molecule has 0 aliphatic carbocycles. The Labute approximate surface area is 139 Å². The molecule has 9 heteroatoms. The van der Waals surface area contributed by atoms with E-state index in [0.29, 0.717) is 37.4 Å². The van der Waals surface area contributed by atoms with Crippen LogP contribution in [0.3, 0.4) is 0 Å². The Morgan fingerprint density at radius 3 is 2.38 bits per heavy atom. The van der Waals surface area contributed by atoms with Crippen LogP contribution in [0.1, 0.15) is 21.7 Å². The van der Waals surface area contributed by atoms with E-state index in [4.69, 9.17) is 11.5 Å². The van der Waals surface area contributed by atoms with Crippen LogP contribution in [0.15, 0.2) is 12.3 Å². The Morgan fingerprint density at radius 2 is 1.75 bits per heavy atom. The van der Waals surface area contributed by atoms with E-state index in [1.165, 1.54) is 6.20 Å². The third-order valence-electron chi connectivity index (χ3n) is 3.98. The number of amides is 1. The first-order valence-corrected chi connectivity index (χ1v) is 7.68. The van der Waals surface area contributed by atoms with Crippen LogP contribution >= 0.6 is 0 Å². The van der Waals surface area contributed by atoms with Crippen molar-refractivity contribution in [2.75, 3.05) is 42.5 Å². The number of hydrogen-bond donors (Lipinski definition) is 2. The third kappa shape index (κ3) is 3.19. The molecule has 3 heterocycles. The highest BCUT2D eigenvalue weighted by Gasteiger charge is 2.24. The molecule has 2 aromatic heterocycles. The fraction of sp³-hybridized carbons (Fsp3) is 0.400. The van der Waals surface area contributed by atoms with Gasteiger partial charge in [0, 0.05) is 44.1 Å². The molecule has 2 aromatic rings. The molecule has 0 saturated carbocycles. The first-order valence-electron chi connectivity index (χ1n) is 7.68. The molecule has 1 saturated heterocycles. The number of aryl methyl sites for hydroxylation is 2.